The van der Waals surface area contributed by atoms with Crippen molar-refractivity contribution in [1.29, 1.82) is 0 Å². The minimum atomic E-state index is -1.22. The fourth-order valence-corrected chi connectivity index (χ4v) is 4.69. The van der Waals surface area contributed by atoms with E-state index in [4.69, 9.17) is 31.4 Å². The predicted molar refractivity (Wildman–Crippen MR) is 115 cm³/mol. The van der Waals surface area contributed by atoms with Gasteiger partial charge < -0.3 is 20.1 Å². The van der Waals surface area contributed by atoms with Crippen LogP contribution >= 0.6 is 22.9 Å². The van der Waals surface area contributed by atoms with E-state index in [2.05, 4.69) is 22.3 Å². The average molecular weight is 433 g/mol. The van der Waals surface area contributed by atoms with Gasteiger partial charge in [0.05, 0.1) is 10.4 Å². The summed E-state index contributed by atoms with van der Waals surface area (Å²) in [4.78, 5) is 24.2. The van der Waals surface area contributed by atoms with Gasteiger partial charge in [-0.05, 0) is 12.5 Å². The molecule has 0 radical (unpaired) electrons. The van der Waals surface area contributed by atoms with Crippen molar-refractivity contribution in [3.05, 3.63) is 45.8 Å². The number of ether oxygens (including phenoxy) is 1. The zero-order valence-corrected chi connectivity index (χ0v) is 17.5. The van der Waals surface area contributed by atoms with Gasteiger partial charge in [0.25, 0.3) is 0 Å². The molecule has 0 saturated carbocycles. The number of nitrogens with zero attached hydrogens (tertiary/aromatic N) is 3. The van der Waals surface area contributed by atoms with Gasteiger partial charge in [-0.3, -0.25) is 0 Å². The number of hydrogen-bond acceptors (Lipinski definition) is 7. The molecule has 1 saturated heterocycles. The number of hydrogen-bond donors (Lipinski definition) is 2. The summed E-state index contributed by atoms with van der Waals surface area (Å²) in [5.41, 5.74) is 1.15. The predicted octanol–water partition coefficient (Wildman–Crippen LogP) is 4.93. The van der Waals surface area contributed by atoms with Gasteiger partial charge in [-0.1, -0.05) is 41.9 Å². The van der Waals surface area contributed by atoms with E-state index in [0.29, 0.717) is 49.3 Å². The van der Waals surface area contributed by atoms with Gasteiger partial charge in [-0.2, -0.15) is 4.98 Å². The van der Waals surface area contributed by atoms with Crippen LogP contribution in [0.1, 0.15) is 23.3 Å². The molecule has 3 heterocycles. The quantitative estimate of drug-likeness (QED) is 0.552. The molecule has 1 aliphatic heterocycles. The zero-order valence-electron chi connectivity index (χ0n) is 15.9. The normalized spacial score (nSPS) is 14.9. The molecule has 9 heteroatoms. The van der Waals surface area contributed by atoms with Crippen LogP contribution in [0.3, 0.4) is 0 Å². The standard InChI is InChI=1S/C20H21ClN4O3S/c1-12-16(21)15-17(22-11-13-5-3-2-4-6-13)23-19(24-18(15)29-12)25-9-7-14(8-10-25)28-20(26)27/h2-6,14H,7-11H2,1H3,(H,26,27)(H,22,23,24). The molecule has 4 rings (SSSR count). The Morgan fingerprint density at radius 3 is 2.72 bits per heavy atom. The molecule has 0 amide bonds. The highest BCUT2D eigenvalue weighted by atomic mass is 35.5. The summed E-state index contributed by atoms with van der Waals surface area (Å²) in [5.74, 6) is 1.34. The second-order valence-corrected chi connectivity index (χ2v) is 8.52. The third-order valence-corrected chi connectivity index (χ3v) is 6.52. The maximum atomic E-state index is 10.8. The van der Waals surface area contributed by atoms with Crippen LogP contribution in [0.15, 0.2) is 30.3 Å². The molecule has 2 aromatic heterocycles. The van der Waals surface area contributed by atoms with Crippen molar-refractivity contribution in [1.82, 2.24) is 9.97 Å². The van der Waals surface area contributed by atoms with E-state index in [1.807, 2.05) is 25.1 Å². The number of fused-ring (bicyclic) bond motifs is 1. The first-order valence-electron chi connectivity index (χ1n) is 9.40. The Morgan fingerprint density at radius 1 is 1.31 bits per heavy atom. The molecule has 0 aliphatic carbocycles. The number of aryl methyl sites for hydroxylation is 1. The lowest BCUT2D eigenvalue weighted by Crippen LogP contribution is -2.38. The Kier molecular flexibility index (Phi) is 5.73. The molecule has 0 unspecified atom stereocenters. The highest BCUT2D eigenvalue weighted by Gasteiger charge is 2.25. The van der Waals surface area contributed by atoms with E-state index in [0.717, 1.165) is 20.7 Å². The third-order valence-electron chi connectivity index (χ3n) is 4.94. The number of aromatic nitrogens is 2. The van der Waals surface area contributed by atoms with Crippen LogP contribution in [-0.2, 0) is 11.3 Å². The number of nitrogens with one attached hydrogen (secondary N) is 1. The molecule has 0 bridgehead atoms. The Bertz CT molecular complexity index is 1020. The van der Waals surface area contributed by atoms with E-state index in [1.165, 1.54) is 0 Å². The molecule has 2 N–H and O–H groups in total. The zero-order chi connectivity index (χ0) is 20.4. The number of piperidine rings is 1. The molecule has 1 aliphatic rings. The van der Waals surface area contributed by atoms with Crippen molar-refractivity contribution in [3.63, 3.8) is 0 Å². The van der Waals surface area contributed by atoms with Crippen LogP contribution < -0.4 is 10.2 Å². The van der Waals surface area contributed by atoms with E-state index in [1.54, 1.807) is 11.3 Å². The number of rotatable bonds is 5. The maximum absolute atomic E-state index is 10.8. The number of halogens is 1. The highest BCUT2D eigenvalue weighted by molar-refractivity contribution is 7.19. The lowest BCUT2D eigenvalue weighted by atomic mass is 10.1. The fourth-order valence-electron chi connectivity index (χ4n) is 3.43. The number of anilines is 2. The minimum absolute atomic E-state index is 0.276. The molecule has 0 spiro atoms. The lowest BCUT2D eigenvalue weighted by molar-refractivity contribution is 0.0415. The van der Waals surface area contributed by atoms with Crippen LogP contribution in [0.4, 0.5) is 16.6 Å². The molecular formula is C20H21ClN4O3S. The van der Waals surface area contributed by atoms with E-state index in [9.17, 15) is 4.79 Å². The van der Waals surface area contributed by atoms with Crippen molar-refractivity contribution < 1.29 is 14.6 Å². The lowest BCUT2D eigenvalue weighted by Gasteiger charge is -2.31. The molecule has 29 heavy (non-hydrogen) atoms. The molecule has 0 atom stereocenters. The van der Waals surface area contributed by atoms with Gasteiger partial charge in [0.2, 0.25) is 5.95 Å². The Hall–Kier alpha value is -2.58. The van der Waals surface area contributed by atoms with Gasteiger partial charge in [0, 0.05) is 37.4 Å². The van der Waals surface area contributed by atoms with E-state index < -0.39 is 6.16 Å². The second-order valence-electron chi connectivity index (χ2n) is 6.93. The first-order chi connectivity index (χ1) is 14.0. The van der Waals surface area contributed by atoms with Crippen LogP contribution in [0, 0.1) is 6.92 Å². The van der Waals surface area contributed by atoms with Crippen molar-refractivity contribution in [3.8, 4) is 0 Å². The average Bonchev–Trinajstić information content (AvgIpc) is 3.01. The molecule has 1 fully saturated rings. The summed E-state index contributed by atoms with van der Waals surface area (Å²) in [6.07, 6.45) is -0.270. The summed E-state index contributed by atoms with van der Waals surface area (Å²) in [6, 6.07) is 10.1. The maximum Gasteiger partial charge on any atom is 0.506 e. The first kappa shape index (κ1) is 19.7. The van der Waals surface area contributed by atoms with E-state index >= 15 is 0 Å². The third kappa shape index (κ3) is 4.38. The SMILES string of the molecule is Cc1sc2nc(N3CCC(OC(=O)O)CC3)nc(NCc3ccccc3)c2c1Cl. The second kappa shape index (κ2) is 8.42. The van der Waals surface area contributed by atoms with Crippen molar-refractivity contribution in [2.45, 2.75) is 32.4 Å². The Morgan fingerprint density at radius 2 is 2.03 bits per heavy atom. The molecular weight excluding hydrogens is 412 g/mol. The van der Waals surface area contributed by atoms with Crippen LogP contribution in [0.25, 0.3) is 10.2 Å². The topological polar surface area (TPSA) is 87.6 Å². The summed E-state index contributed by atoms with van der Waals surface area (Å²) >= 11 is 8.09. The van der Waals surface area contributed by atoms with Gasteiger partial charge in [0.1, 0.15) is 16.8 Å². The van der Waals surface area contributed by atoms with Crippen LogP contribution in [0.5, 0.6) is 0 Å². The van der Waals surface area contributed by atoms with Gasteiger partial charge >= 0.3 is 6.16 Å². The molecule has 3 aromatic rings. The molecule has 1 aromatic carbocycles. The summed E-state index contributed by atoms with van der Waals surface area (Å²) in [7, 11) is 0. The summed E-state index contributed by atoms with van der Waals surface area (Å²) in [5, 5.41) is 13.7. The molecule has 152 valence electrons. The van der Waals surface area contributed by atoms with Crippen molar-refractivity contribution in [2.24, 2.45) is 0 Å². The van der Waals surface area contributed by atoms with Crippen molar-refractivity contribution >= 4 is 51.1 Å². The summed E-state index contributed by atoms with van der Waals surface area (Å²) < 4.78 is 4.90. The highest BCUT2D eigenvalue weighted by Crippen LogP contribution is 2.39. The summed E-state index contributed by atoms with van der Waals surface area (Å²) in [6.45, 7) is 3.88. The van der Waals surface area contributed by atoms with Gasteiger partial charge in [-0.25, -0.2) is 9.78 Å². The first-order valence-corrected chi connectivity index (χ1v) is 10.6. The van der Waals surface area contributed by atoms with Crippen LogP contribution in [0.2, 0.25) is 5.02 Å². The number of carboxylic acid groups (broad SMARTS) is 1. The molecule has 7 nitrogen and oxygen atoms in total. The fraction of sp³-hybridized carbons (Fsp3) is 0.350. The monoisotopic (exact) mass is 432 g/mol. The van der Waals surface area contributed by atoms with Crippen LogP contribution in [-0.4, -0.2) is 40.4 Å². The number of thiophene rings is 1. The number of benzene rings is 1. The largest absolute Gasteiger partial charge is 0.506 e. The Balaban J connectivity index is 1.59. The Labute approximate surface area is 177 Å². The van der Waals surface area contributed by atoms with E-state index in [-0.39, 0.29) is 6.10 Å². The van der Waals surface area contributed by atoms with Gasteiger partial charge in [-0.15, -0.1) is 11.3 Å². The van der Waals surface area contributed by atoms with Crippen molar-refractivity contribution in [2.75, 3.05) is 23.3 Å². The minimum Gasteiger partial charge on any atom is -0.450 e. The van der Waals surface area contributed by atoms with Gasteiger partial charge in [0.15, 0.2) is 0 Å². The number of carbonyl (C=O) groups is 1. The smallest absolute Gasteiger partial charge is 0.450 e.